The van der Waals surface area contributed by atoms with E-state index in [0.717, 1.165) is 48.7 Å². The topological polar surface area (TPSA) is 28.7 Å². The molecule has 0 aliphatic heterocycles. The summed E-state index contributed by atoms with van der Waals surface area (Å²) in [6.45, 7) is 47.6. The zero-order valence-electron chi connectivity index (χ0n) is 53.5. The zero-order valence-corrected chi connectivity index (χ0v) is 53.5. The van der Waals surface area contributed by atoms with E-state index >= 15 is 0 Å². The molecule has 428 valence electrons. The van der Waals surface area contributed by atoms with E-state index in [1.807, 2.05) is 6.92 Å². The Morgan fingerprint density at radius 2 is 0.667 bits per heavy atom. The Labute approximate surface area is 440 Å². The highest BCUT2D eigenvalue weighted by Gasteiger charge is 2.21. The second-order valence-corrected chi connectivity index (χ2v) is 24.3. The van der Waals surface area contributed by atoms with Gasteiger partial charge < -0.3 is 56.1 Å². The van der Waals surface area contributed by atoms with Crippen LogP contribution in [0.25, 0.3) is 0 Å². The molecule has 0 radical (unpaired) electrons. The Morgan fingerprint density at radius 3 is 0.942 bits per heavy atom. The van der Waals surface area contributed by atoms with E-state index in [2.05, 4.69) is 233 Å². The van der Waals surface area contributed by atoms with Gasteiger partial charge in [-0.1, -0.05) is 28.2 Å². The number of rotatable bonds is 32. The number of quaternary nitrogens is 6. The number of ether oxygens (including phenoxy) is 1. The summed E-state index contributed by atoms with van der Waals surface area (Å²) in [6, 6.07) is 0. The van der Waals surface area contributed by atoms with Crippen molar-refractivity contribution in [3.05, 3.63) is 0 Å². The maximum absolute atomic E-state index is 5.35. The minimum Gasteiger partial charge on any atom is -0.376 e. The van der Waals surface area contributed by atoms with Crippen molar-refractivity contribution < 1.29 is 31.6 Å². The van der Waals surface area contributed by atoms with Crippen LogP contribution < -0.4 is 0 Å². The first-order chi connectivity index (χ1) is 31.0. The number of nitrogens with zero attached hydrogens (tertiary/aromatic N) is 12. The summed E-state index contributed by atoms with van der Waals surface area (Å²) in [5.41, 5.74) is 0. The lowest BCUT2D eigenvalue weighted by atomic mass is 10.3. The van der Waals surface area contributed by atoms with Crippen LogP contribution in [0.3, 0.4) is 0 Å². The molecule has 0 aromatic rings. The molecule has 0 spiro atoms. The second-order valence-electron chi connectivity index (χ2n) is 24.3. The Hall–Kier alpha value is -0.520. The van der Waals surface area contributed by atoms with Crippen LogP contribution in [0.15, 0.2) is 0 Å². The van der Waals surface area contributed by atoms with Crippen LogP contribution in [0, 0.1) is 0 Å². The lowest BCUT2D eigenvalue weighted by Crippen LogP contribution is -2.51. The Morgan fingerprint density at radius 1 is 0.333 bits per heavy atom. The fraction of sp³-hybridized carbons (Fsp3) is 1.00. The fourth-order valence-corrected chi connectivity index (χ4v) is 6.37. The first-order valence-electron chi connectivity index (χ1n) is 27.5. The van der Waals surface area contributed by atoms with Gasteiger partial charge in [-0.05, 0) is 132 Å². The summed E-state index contributed by atoms with van der Waals surface area (Å²) >= 11 is 0. The number of hydrogen-bond donors (Lipinski definition) is 0. The van der Waals surface area contributed by atoms with Gasteiger partial charge in [0.05, 0.1) is 163 Å². The first-order valence-corrected chi connectivity index (χ1v) is 27.5. The first kappa shape index (κ1) is 82.5. The maximum Gasteiger partial charge on any atom is 0.102 e. The highest BCUT2D eigenvalue weighted by atomic mass is 16.5. The van der Waals surface area contributed by atoms with Crippen LogP contribution in [-0.4, -0.2) is 355 Å². The highest BCUT2D eigenvalue weighted by Crippen LogP contribution is 2.06. The third kappa shape index (κ3) is 67.5. The number of likely N-dealkylation sites (N-methyl/N-ethyl adjacent to an activating group) is 10. The molecule has 0 N–H and O–H groups in total. The van der Waals surface area contributed by atoms with E-state index in [9.17, 15) is 0 Å². The summed E-state index contributed by atoms with van der Waals surface area (Å²) in [5, 5.41) is 0. The Balaban J connectivity index is -0.000000134. The summed E-state index contributed by atoms with van der Waals surface area (Å²) < 4.78 is 12.1. The summed E-state index contributed by atoms with van der Waals surface area (Å²) in [6.07, 6.45) is 2.58. The third-order valence-electron chi connectivity index (χ3n) is 13.4. The molecule has 0 bridgehead atoms. The highest BCUT2D eigenvalue weighted by molar-refractivity contribution is 4.52. The van der Waals surface area contributed by atoms with Crippen LogP contribution in [0.2, 0.25) is 0 Å². The molecule has 0 saturated carbocycles. The van der Waals surface area contributed by atoms with Gasteiger partial charge in [0.15, 0.2) is 0 Å². The largest absolute Gasteiger partial charge is 0.376 e. The van der Waals surface area contributed by atoms with Crippen molar-refractivity contribution in [2.75, 3.05) is 299 Å². The van der Waals surface area contributed by atoms with Gasteiger partial charge in [-0.3, -0.25) is 4.90 Å². The van der Waals surface area contributed by atoms with Gasteiger partial charge in [0.25, 0.3) is 0 Å². The van der Waals surface area contributed by atoms with E-state index in [4.69, 9.17) is 4.74 Å². The Bertz CT molecular complexity index is 1010. The van der Waals surface area contributed by atoms with Crippen molar-refractivity contribution in [3.63, 3.8) is 0 Å². The van der Waals surface area contributed by atoms with E-state index < -0.39 is 0 Å². The predicted octanol–water partition coefficient (Wildman–Crippen LogP) is 6.47. The second kappa shape index (κ2) is 47.2. The minimum atomic E-state index is 0. The Kier molecular flexibility index (Phi) is 56.4. The van der Waals surface area contributed by atoms with Crippen molar-refractivity contribution in [2.45, 2.75) is 82.6 Å². The fourth-order valence-electron chi connectivity index (χ4n) is 6.37. The molecular formula is C56H144N12O+6. The molecule has 0 saturated heterocycles. The maximum atomic E-state index is 5.35. The average molecular weight is 1000 g/mol. The molecule has 0 aromatic heterocycles. The summed E-state index contributed by atoms with van der Waals surface area (Å²) in [7, 11) is 46.1. The molecule has 69 heavy (non-hydrogen) atoms. The molecule has 0 rings (SSSR count). The van der Waals surface area contributed by atoms with E-state index in [1.165, 1.54) is 142 Å². The molecule has 0 aromatic carbocycles. The molecule has 13 nitrogen and oxygen atoms in total. The molecule has 0 heterocycles. The standard InChI is InChI=1S/C12H29N2.C10H25N2O.2C9H23N2.C8H21N2.C7H19N2.CH4/c1-6-13(7-2)11-12-14(8-3,9-4)10-5;1-6-13-10-9-12(4,5)8-7-11(2)3;1-6-11(4,5)9-7-8-10(2)3;1-6-8-11(4,5)9-7-10(2)3;1-6-10(4,5)8-7-9(2)3;1-8(2)6-7-9(3,4)5;/h6-12H2,1-5H3;6-10H2,1-5H3;2*6-9H2,1-5H3;6-8H2,1-5H3;6-7H2,1-5H3;1H4/q6*+1;. The predicted molar refractivity (Wildman–Crippen MR) is 317 cm³/mol. The van der Waals surface area contributed by atoms with Crippen molar-refractivity contribution in [1.82, 2.24) is 29.4 Å². The lowest BCUT2D eigenvalue weighted by Gasteiger charge is -2.37. The molecule has 13 heteroatoms. The van der Waals surface area contributed by atoms with E-state index in [1.54, 1.807) is 0 Å². The SMILES string of the molecule is C.CCC[N+](C)(C)CCN(C)C.CCN(CC)CC[N+](CC)(CC)CC.CCOCC[N+](C)(C)CCN(C)C.CC[N+](C)(C)CCCN(C)C.CC[N+](C)(C)CCN(C)C.CN(C)CC[N+](C)(C)C. The van der Waals surface area contributed by atoms with Crippen LogP contribution in [0.4, 0.5) is 0 Å². The monoisotopic (exact) mass is 1000 g/mol. The van der Waals surface area contributed by atoms with E-state index in [0.29, 0.717) is 0 Å². The normalized spacial score (nSPS) is 12.3. The van der Waals surface area contributed by atoms with Gasteiger partial charge in [0.1, 0.15) is 6.54 Å². The summed E-state index contributed by atoms with van der Waals surface area (Å²) in [4.78, 5) is 13.7. The molecule has 0 atom stereocenters. The van der Waals surface area contributed by atoms with Crippen molar-refractivity contribution in [1.29, 1.82) is 0 Å². The molecule has 0 amide bonds. The third-order valence-corrected chi connectivity index (χ3v) is 13.4. The van der Waals surface area contributed by atoms with Crippen molar-refractivity contribution in [3.8, 4) is 0 Å². The van der Waals surface area contributed by atoms with Crippen LogP contribution in [0.1, 0.15) is 82.6 Å². The average Bonchev–Trinajstić information content (AvgIpc) is 3.23. The van der Waals surface area contributed by atoms with Gasteiger partial charge in [0.2, 0.25) is 0 Å². The molecule has 0 aliphatic rings. The van der Waals surface area contributed by atoms with Gasteiger partial charge in [-0.25, -0.2) is 0 Å². The van der Waals surface area contributed by atoms with Gasteiger partial charge in [0, 0.05) is 52.3 Å². The smallest absolute Gasteiger partial charge is 0.102 e. The zero-order chi connectivity index (χ0) is 54.8. The van der Waals surface area contributed by atoms with E-state index in [-0.39, 0.29) is 7.43 Å². The van der Waals surface area contributed by atoms with Crippen molar-refractivity contribution >= 4 is 0 Å². The van der Waals surface area contributed by atoms with Crippen LogP contribution in [0.5, 0.6) is 0 Å². The van der Waals surface area contributed by atoms with Gasteiger partial charge in [-0.15, -0.1) is 0 Å². The summed E-state index contributed by atoms with van der Waals surface area (Å²) in [5.74, 6) is 0. The molecule has 0 unspecified atom stereocenters. The van der Waals surface area contributed by atoms with Gasteiger partial charge in [-0.2, -0.15) is 0 Å². The number of hydrogen-bond acceptors (Lipinski definition) is 7. The minimum absolute atomic E-state index is 0. The lowest BCUT2D eigenvalue weighted by molar-refractivity contribution is -0.922. The molecular weight excluding hydrogens is 857 g/mol. The van der Waals surface area contributed by atoms with Crippen molar-refractivity contribution in [2.24, 2.45) is 0 Å². The van der Waals surface area contributed by atoms with Crippen LogP contribution in [-0.2, 0) is 4.74 Å². The quantitative estimate of drug-likeness (QED) is 0.0565. The van der Waals surface area contributed by atoms with Gasteiger partial charge >= 0.3 is 0 Å². The van der Waals surface area contributed by atoms with Crippen LogP contribution >= 0.6 is 0 Å². The molecule has 0 aliphatic carbocycles. The molecule has 0 fully saturated rings.